The fourth-order valence-electron chi connectivity index (χ4n) is 1.63. The molecule has 3 nitrogen and oxygen atoms in total. The van der Waals surface area contributed by atoms with E-state index in [2.05, 4.69) is 0 Å². The third-order valence-electron chi connectivity index (χ3n) is 2.71. The van der Waals surface area contributed by atoms with Gasteiger partial charge < -0.3 is 4.74 Å². The van der Waals surface area contributed by atoms with Crippen LogP contribution in [0.1, 0.15) is 21.5 Å². The zero-order valence-electron chi connectivity index (χ0n) is 10.9. The molecule has 0 aliphatic carbocycles. The molecule has 0 radical (unpaired) electrons. The van der Waals surface area contributed by atoms with Gasteiger partial charge in [0.05, 0.1) is 0 Å². The number of carbonyl (C=O) groups excluding carboxylic acids is 2. The monoisotopic (exact) mass is 266 g/mol. The minimum absolute atomic E-state index is 0.258. The first-order chi connectivity index (χ1) is 9.78. The predicted molar refractivity (Wildman–Crippen MR) is 77.1 cm³/mol. The minimum Gasteiger partial charge on any atom is -0.458 e. The van der Waals surface area contributed by atoms with Gasteiger partial charge in [-0.3, -0.25) is 4.79 Å². The van der Waals surface area contributed by atoms with Crippen LogP contribution in [0.3, 0.4) is 0 Å². The Hall–Kier alpha value is -2.68. The molecular formula is C17H14O3. The lowest BCUT2D eigenvalue weighted by Crippen LogP contribution is -2.00. The lowest BCUT2D eigenvalue weighted by Gasteiger charge is -2.01. The van der Waals surface area contributed by atoms with Crippen molar-refractivity contribution < 1.29 is 14.3 Å². The molecule has 0 atom stereocenters. The zero-order valence-corrected chi connectivity index (χ0v) is 10.9. The van der Waals surface area contributed by atoms with Crippen molar-refractivity contribution in [2.75, 3.05) is 0 Å². The van der Waals surface area contributed by atoms with Crippen LogP contribution in [0.2, 0.25) is 0 Å². The van der Waals surface area contributed by atoms with Crippen molar-refractivity contribution in [3.05, 3.63) is 77.4 Å². The molecule has 20 heavy (non-hydrogen) atoms. The first-order valence-corrected chi connectivity index (χ1v) is 6.22. The number of benzene rings is 2. The molecule has 0 saturated heterocycles. The third-order valence-corrected chi connectivity index (χ3v) is 2.71. The number of aldehydes is 1. The summed E-state index contributed by atoms with van der Waals surface area (Å²) < 4.78 is 5.11. The second-order valence-electron chi connectivity index (χ2n) is 4.21. The maximum absolute atomic E-state index is 11.5. The normalized spacial score (nSPS) is 10.4. The predicted octanol–water partition coefficient (Wildman–Crippen LogP) is 3.26. The summed E-state index contributed by atoms with van der Waals surface area (Å²) >= 11 is 0. The highest BCUT2D eigenvalue weighted by atomic mass is 16.5. The van der Waals surface area contributed by atoms with Gasteiger partial charge in [0.15, 0.2) is 0 Å². The van der Waals surface area contributed by atoms with E-state index in [1.165, 1.54) is 6.08 Å². The zero-order chi connectivity index (χ0) is 14.2. The first-order valence-electron chi connectivity index (χ1n) is 6.22. The molecule has 100 valence electrons. The molecule has 2 aromatic rings. The summed E-state index contributed by atoms with van der Waals surface area (Å²) in [5.74, 6) is -0.395. The summed E-state index contributed by atoms with van der Waals surface area (Å²) in [6.45, 7) is 0.258. The van der Waals surface area contributed by atoms with Crippen LogP contribution in [0.4, 0.5) is 0 Å². The Balaban J connectivity index is 1.87. The van der Waals surface area contributed by atoms with Gasteiger partial charge in [-0.2, -0.15) is 0 Å². The topological polar surface area (TPSA) is 43.4 Å². The summed E-state index contributed by atoms with van der Waals surface area (Å²) in [5, 5.41) is 0. The maximum atomic E-state index is 11.5. The Kier molecular flexibility index (Phi) is 4.84. The molecule has 2 rings (SSSR count). The molecule has 0 bridgehead atoms. The van der Waals surface area contributed by atoms with Gasteiger partial charge in [0.25, 0.3) is 0 Å². The van der Waals surface area contributed by atoms with E-state index in [0.717, 1.165) is 17.4 Å². The van der Waals surface area contributed by atoms with E-state index in [4.69, 9.17) is 4.74 Å². The van der Waals surface area contributed by atoms with Crippen LogP contribution in [-0.2, 0) is 16.1 Å². The molecule has 0 amide bonds. The van der Waals surface area contributed by atoms with Crippen LogP contribution in [0, 0.1) is 0 Å². The highest BCUT2D eigenvalue weighted by molar-refractivity contribution is 5.87. The molecular weight excluding hydrogens is 252 g/mol. The van der Waals surface area contributed by atoms with Crippen molar-refractivity contribution >= 4 is 18.3 Å². The molecule has 0 unspecified atom stereocenters. The van der Waals surface area contributed by atoms with Crippen LogP contribution < -0.4 is 0 Å². The average molecular weight is 266 g/mol. The van der Waals surface area contributed by atoms with E-state index in [0.29, 0.717) is 5.56 Å². The first kappa shape index (κ1) is 13.7. The second-order valence-corrected chi connectivity index (χ2v) is 4.21. The Bertz CT molecular complexity index is 598. The SMILES string of the molecule is O=Cc1ccc(/C=C/C(=O)OCc2ccccc2)cc1. The summed E-state index contributed by atoms with van der Waals surface area (Å²) in [6, 6.07) is 16.4. The number of carbonyl (C=O) groups is 2. The van der Waals surface area contributed by atoms with Gasteiger partial charge in [-0.1, -0.05) is 54.6 Å². The molecule has 0 saturated carbocycles. The van der Waals surface area contributed by atoms with Gasteiger partial charge in [0, 0.05) is 11.6 Å². The smallest absolute Gasteiger partial charge is 0.331 e. The Morgan fingerprint density at radius 1 is 0.950 bits per heavy atom. The summed E-state index contributed by atoms with van der Waals surface area (Å²) in [5.41, 5.74) is 2.39. The molecule has 2 aromatic carbocycles. The third kappa shape index (κ3) is 4.21. The molecule has 0 heterocycles. The van der Waals surface area contributed by atoms with Crippen LogP contribution in [-0.4, -0.2) is 12.3 Å². The van der Waals surface area contributed by atoms with E-state index in [9.17, 15) is 9.59 Å². The van der Waals surface area contributed by atoms with Crippen molar-refractivity contribution in [3.8, 4) is 0 Å². The lowest BCUT2D eigenvalue weighted by molar-refractivity contribution is -0.138. The van der Waals surface area contributed by atoms with Crippen LogP contribution >= 0.6 is 0 Å². The average Bonchev–Trinajstić information content (AvgIpc) is 2.52. The quantitative estimate of drug-likeness (QED) is 0.474. The van der Waals surface area contributed by atoms with Crippen LogP contribution in [0.25, 0.3) is 6.08 Å². The van der Waals surface area contributed by atoms with Crippen molar-refractivity contribution in [1.29, 1.82) is 0 Å². The molecule has 0 aromatic heterocycles. The second kappa shape index (κ2) is 7.04. The largest absolute Gasteiger partial charge is 0.458 e. The number of hydrogen-bond acceptors (Lipinski definition) is 3. The molecule has 0 N–H and O–H groups in total. The molecule has 0 aliphatic heterocycles. The van der Waals surface area contributed by atoms with Crippen molar-refractivity contribution in [2.45, 2.75) is 6.61 Å². The van der Waals surface area contributed by atoms with Gasteiger partial charge in [-0.25, -0.2) is 4.79 Å². The van der Waals surface area contributed by atoms with Gasteiger partial charge in [-0.05, 0) is 17.2 Å². The van der Waals surface area contributed by atoms with Gasteiger partial charge in [-0.15, -0.1) is 0 Å². The van der Waals surface area contributed by atoms with Crippen LogP contribution in [0.5, 0.6) is 0 Å². The number of rotatable bonds is 5. The maximum Gasteiger partial charge on any atom is 0.331 e. The van der Waals surface area contributed by atoms with Crippen molar-refractivity contribution in [3.63, 3.8) is 0 Å². The van der Waals surface area contributed by atoms with E-state index in [1.807, 2.05) is 30.3 Å². The van der Waals surface area contributed by atoms with Gasteiger partial charge in [0.2, 0.25) is 0 Å². The summed E-state index contributed by atoms with van der Waals surface area (Å²) in [4.78, 5) is 22.1. The Morgan fingerprint density at radius 3 is 2.25 bits per heavy atom. The molecule has 0 fully saturated rings. The van der Waals surface area contributed by atoms with E-state index >= 15 is 0 Å². The number of ether oxygens (including phenoxy) is 1. The summed E-state index contributed by atoms with van der Waals surface area (Å²) in [6.07, 6.45) is 3.81. The Labute approximate surface area is 117 Å². The van der Waals surface area contributed by atoms with E-state index in [1.54, 1.807) is 30.3 Å². The lowest BCUT2D eigenvalue weighted by atomic mass is 10.1. The van der Waals surface area contributed by atoms with Gasteiger partial charge >= 0.3 is 5.97 Å². The Morgan fingerprint density at radius 2 is 1.60 bits per heavy atom. The van der Waals surface area contributed by atoms with Gasteiger partial charge in [0.1, 0.15) is 12.9 Å². The highest BCUT2D eigenvalue weighted by Crippen LogP contribution is 2.05. The number of esters is 1. The molecule has 0 aliphatic rings. The molecule has 3 heteroatoms. The fourth-order valence-corrected chi connectivity index (χ4v) is 1.63. The minimum atomic E-state index is -0.395. The van der Waals surface area contributed by atoms with Crippen molar-refractivity contribution in [2.24, 2.45) is 0 Å². The van der Waals surface area contributed by atoms with Crippen molar-refractivity contribution in [1.82, 2.24) is 0 Å². The standard InChI is InChI=1S/C17H14O3/c18-12-15-8-6-14(7-9-15)10-11-17(19)20-13-16-4-2-1-3-5-16/h1-12H,13H2/b11-10+. The van der Waals surface area contributed by atoms with Crippen LogP contribution in [0.15, 0.2) is 60.7 Å². The fraction of sp³-hybridized carbons (Fsp3) is 0.0588. The summed E-state index contributed by atoms with van der Waals surface area (Å²) in [7, 11) is 0. The van der Waals surface area contributed by atoms with E-state index in [-0.39, 0.29) is 6.61 Å². The highest BCUT2D eigenvalue weighted by Gasteiger charge is 1.98. The molecule has 0 spiro atoms. The van der Waals surface area contributed by atoms with E-state index < -0.39 is 5.97 Å². The number of hydrogen-bond donors (Lipinski definition) is 0.